The van der Waals surface area contributed by atoms with Crippen LogP contribution in [-0.2, 0) is 0 Å². The van der Waals surface area contributed by atoms with Gasteiger partial charge in [0.1, 0.15) is 6.61 Å². The molecule has 0 saturated carbocycles. The van der Waals surface area contributed by atoms with E-state index in [0.717, 1.165) is 6.08 Å². The van der Waals surface area contributed by atoms with Crippen molar-refractivity contribution in [3.05, 3.63) is 36.0 Å². The van der Waals surface area contributed by atoms with Crippen molar-refractivity contribution in [3.63, 3.8) is 0 Å². The maximum atomic E-state index is 13.0. The van der Waals surface area contributed by atoms with Gasteiger partial charge >= 0.3 is 0 Å². The highest BCUT2D eigenvalue weighted by atomic mass is 19.3. The Morgan fingerprint density at radius 3 is 2.15 bits per heavy atom. The topological polar surface area (TPSA) is 20.2 Å². The average molecular weight is 188 g/mol. The molecule has 3 heteroatoms. The number of aliphatic hydroxyl groups is 1. The lowest BCUT2D eigenvalue weighted by Gasteiger charge is -2.17. The summed E-state index contributed by atoms with van der Waals surface area (Å²) in [6.07, 6.45) is 1.06. The summed E-state index contributed by atoms with van der Waals surface area (Å²) in [5.74, 6) is -3.23. The summed E-state index contributed by atoms with van der Waals surface area (Å²) in [4.78, 5) is 0. The molecule has 0 aliphatic rings. The van der Waals surface area contributed by atoms with E-state index in [1.54, 1.807) is 6.92 Å². The Hall–Kier alpha value is -0.960. The van der Waals surface area contributed by atoms with Gasteiger partial charge in [-0.1, -0.05) is 24.8 Å². The summed E-state index contributed by atoms with van der Waals surface area (Å²) in [7, 11) is 0. The third kappa shape index (κ3) is 2.77. The number of rotatable bonds is 4. The first-order valence-corrected chi connectivity index (χ1v) is 3.85. The summed E-state index contributed by atoms with van der Waals surface area (Å²) in [5.41, 5.74) is 0.652. The number of hydrogen-bond acceptors (Lipinski definition) is 1. The molecule has 1 nitrogen and oxygen atoms in total. The SMILES string of the molecule is C=C/C(=C(/C)C(=C)C)C(F)(F)CO. The van der Waals surface area contributed by atoms with Crippen LogP contribution in [0.2, 0.25) is 0 Å². The van der Waals surface area contributed by atoms with Crippen LogP contribution < -0.4 is 0 Å². The highest BCUT2D eigenvalue weighted by Gasteiger charge is 2.32. The van der Waals surface area contributed by atoms with Crippen LogP contribution in [0.4, 0.5) is 8.78 Å². The minimum atomic E-state index is -3.23. The van der Waals surface area contributed by atoms with Gasteiger partial charge in [0.05, 0.1) is 0 Å². The predicted octanol–water partition coefficient (Wildman–Crippen LogP) is 2.69. The van der Waals surface area contributed by atoms with Gasteiger partial charge in [-0.3, -0.25) is 0 Å². The van der Waals surface area contributed by atoms with Crippen LogP contribution in [0.1, 0.15) is 13.8 Å². The van der Waals surface area contributed by atoms with Crippen LogP contribution in [0.5, 0.6) is 0 Å². The molecule has 0 saturated heterocycles. The molecule has 0 spiro atoms. The highest BCUT2D eigenvalue weighted by Crippen LogP contribution is 2.29. The fourth-order valence-corrected chi connectivity index (χ4v) is 0.892. The fraction of sp³-hybridized carbons (Fsp3) is 0.400. The van der Waals surface area contributed by atoms with Gasteiger partial charge < -0.3 is 5.11 Å². The molecule has 0 bridgehead atoms. The van der Waals surface area contributed by atoms with E-state index in [9.17, 15) is 8.78 Å². The Morgan fingerprint density at radius 2 is 1.92 bits per heavy atom. The van der Waals surface area contributed by atoms with Crippen LogP contribution in [0.3, 0.4) is 0 Å². The zero-order chi connectivity index (χ0) is 10.6. The van der Waals surface area contributed by atoms with Crippen LogP contribution in [0, 0.1) is 0 Å². The average Bonchev–Trinajstić information content (AvgIpc) is 2.05. The van der Waals surface area contributed by atoms with Crippen LogP contribution >= 0.6 is 0 Å². The van der Waals surface area contributed by atoms with Gasteiger partial charge in [-0.05, 0) is 19.4 Å². The molecule has 0 aliphatic carbocycles. The lowest BCUT2D eigenvalue weighted by molar-refractivity contribution is -0.0132. The molecule has 0 amide bonds. The van der Waals surface area contributed by atoms with Crippen LogP contribution in [-0.4, -0.2) is 17.6 Å². The number of alkyl halides is 2. The van der Waals surface area contributed by atoms with Gasteiger partial charge in [0.2, 0.25) is 0 Å². The maximum absolute atomic E-state index is 13.0. The van der Waals surface area contributed by atoms with Crippen molar-refractivity contribution < 1.29 is 13.9 Å². The van der Waals surface area contributed by atoms with Crippen molar-refractivity contribution in [3.8, 4) is 0 Å². The largest absolute Gasteiger partial charge is 0.390 e. The van der Waals surface area contributed by atoms with Crippen molar-refractivity contribution in [2.45, 2.75) is 19.8 Å². The zero-order valence-electron chi connectivity index (χ0n) is 7.90. The summed E-state index contributed by atoms with van der Waals surface area (Å²) in [6, 6.07) is 0. The molecule has 0 rings (SSSR count). The monoisotopic (exact) mass is 188 g/mol. The molecule has 0 aliphatic heterocycles. The molecule has 0 unspecified atom stereocenters. The van der Waals surface area contributed by atoms with Gasteiger partial charge in [-0.2, -0.15) is 8.78 Å². The Kier molecular flexibility index (Phi) is 4.01. The lowest BCUT2D eigenvalue weighted by atomic mass is 9.99. The van der Waals surface area contributed by atoms with Crippen molar-refractivity contribution in [2.24, 2.45) is 0 Å². The van der Waals surface area contributed by atoms with Gasteiger partial charge in [0.15, 0.2) is 0 Å². The highest BCUT2D eigenvalue weighted by molar-refractivity contribution is 5.39. The molecule has 0 radical (unpaired) electrons. The number of halogens is 2. The standard InChI is InChI=1S/C10H14F2O/c1-5-9(8(4)7(2)3)10(11,12)6-13/h5,13H,1-2,6H2,3-4H3/b9-8+. The van der Waals surface area contributed by atoms with Gasteiger partial charge in [0, 0.05) is 5.57 Å². The Labute approximate surface area is 77.1 Å². The Morgan fingerprint density at radius 1 is 1.46 bits per heavy atom. The first kappa shape index (κ1) is 12.0. The third-order valence-electron chi connectivity index (χ3n) is 1.84. The van der Waals surface area contributed by atoms with E-state index in [1.165, 1.54) is 6.92 Å². The van der Waals surface area contributed by atoms with Crippen molar-refractivity contribution >= 4 is 0 Å². The second-order valence-electron chi connectivity index (χ2n) is 2.89. The summed E-state index contributed by atoms with van der Waals surface area (Å²) in [6.45, 7) is 8.79. The van der Waals surface area contributed by atoms with Crippen LogP contribution in [0.15, 0.2) is 36.0 Å². The molecule has 0 atom stereocenters. The molecule has 13 heavy (non-hydrogen) atoms. The van der Waals surface area contributed by atoms with Gasteiger partial charge in [0.25, 0.3) is 5.92 Å². The molecule has 0 aromatic rings. The van der Waals surface area contributed by atoms with Crippen molar-refractivity contribution in [2.75, 3.05) is 6.61 Å². The van der Waals surface area contributed by atoms with E-state index in [0.29, 0.717) is 11.1 Å². The molecular weight excluding hydrogens is 174 g/mol. The van der Waals surface area contributed by atoms with Gasteiger partial charge in [-0.15, -0.1) is 0 Å². The summed E-state index contributed by atoms with van der Waals surface area (Å²) >= 11 is 0. The Balaban J connectivity index is 5.22. The molecule has 0 aromatic carbocycles. The van der Waals surface area contributed by atoms with E-state index in [1.807, 2.05) is 0 Å². The maximum Gasteiger partial charge on any atom is 0.296 e. The molecular formula is C10H14F2O. The number of aliphatic hydroxyl groups excluding tert-OH is 1. The summed E-state index contributed by atoms with van der Waals surface area (Å²) < 4.78 is 26.0. The normalized spacial score (nSPS) is 13.6. The second-order valence-corrected chi connectivity index (χ2v) is 2.89. The number of hydrogen-bond donors (Lipinski definition) is 1. The molecule has 1 N–H and O–H groups in total. The summed E-state index contributed by atoms with van der Waals surface area (Å²) in [5, 5.41) is 8.46. The van der Waals surface area contributed by atoms with Crippen molar-refractivity contribution in [1.82, 2.24) is 0 Å². The van der Waals surface area contributed by atoms with Crippen molar-refractivity contribution in [1.29, 1.82) is 0 Å². The minimum absolute atomic E-state index is 0.262. The van der Waals surface area contributed by atoms with E-state index in [2.05, 4.69) is 13.2 Å². The number of allylic oxidation sites excluding steroid dienone is 3. The van der Waals surface area contributed by atoms with E-state index in [-0.39, 0.29) is 5.57 Å². The first-order chi connectivity index (χ1) is 5.86. The minimum Gasteiger partial charge on any atom is -0.390 e. The van der Waals surface area contributed by atoms with Gasteiger partial charge in [-0.25, -0.2) is 0 Å². The smallest absolute Gasteiger partial charge is 0.296 e. The fourth-order valence-electron chi connectivity index (χ4n) is 0.892. The zero-order valence-corrected chi connectivity index (χ0v) is 7.90. The van der Waals surface area contributed by atoms with Crippen LogP contribution in [0.25, 0.3) is 0 Å². The molecule has 0 heterocycles. The van der Waals surface area contributed by atoms with E-state index in [4.69, 9.17) is 5.11 Å². The molecule has 74 valence electrons. The first-order valence-electron chi connectivity index (χ1n) is 3.85. The quantitative estimate of drug-likeness (QED) is 0.672. The Bertz CT molecular complexity index is 252. The lowest BCUT2D eigenvalue weighted by Crippen LogP contribution is -2.24. The molecule has 0 fully saturated rings. The second kappa shape index (κ2) is 4.33. The predicted molar refractivity (Wildman–Crippen MR) is 49.7 cm³/mol. The third-order valence-corrected chi connectivity index (χ3v) is 1.84. The van der Waals surface area contributed by atoms with E-state index < -0.39 is 12.5 Å². The molecule has 0 aromatic heterocycles. The van der Waals surface area contributed by atoms with E-state index >= 15 is 0 Å².